The summed E-state index contributed by atoms with van der Waals surface area (Å²) >= 11 is 14.6. The highest BCUT2D eigenvalue weighted by atomic mass is 35.7. The van der Waals surface area contributed by atoms with E-state index >= 15 is 0 Å². The van der Waals surface area contributed by atoms with Crippen LogP contribution in [0.4, 0.5) is 0 Å². The van der Waals surface area contributed by atoms with Crippen LogP contribution in [0.5, 0.6) is 5.75 Å². The Kier molecular flexibility index (Phi) is 8.15. The molecular weight excluding hydrogens is 437 g/mol. The Morgan fingerprint density at radius 1 is 1.04 bits per heavy atom. The predicted octanol–water partition coefficient (Wildman–Crippen LogP) is 0.632. The highest BCUT2D eigenvalue weighted by Gasteiger charge is 2.23. The van der Waals surface area contributed by atoms with Crippen LogP contribution >= 0.6 is 34.7 Å². The molecule has 0 fully saturated rings. The van der Waals surface area contributed by atoms with Gasteiger partial charge in [0.05, 0.1) is 16.0 Å². The number of hydrogen-bond donors (Lipinski definition) is 0. The third kappa shape index (κ3) is 7.36. The molecule has 0 spiro atoms. The van der Waals surface area contributed by atoms with Crippen LogP contribution in [0.2, 0.25) is 10.0 Å². The number of aryl methyl sites for hydroxylation is 2. The first-order chi connectivity index (χ1) is 12.5. The van der Waals surface area contributed by atoms with Gasteiger partial charge in [-0.25, -0.2) is 18.6 Å². The van der Waals surface area contributed by atoms with Crippen molar-refractivity contribution < 1.29 is 37.6 Å². The summed E-state index contributed by atoms with van der Waals surface area (Å²) in [5.74, 6) is 0.643. The molecule has 1 aromatic carbocycles. The fourth-order valence-corrected chi connectivity index (χ4v) is 4.43. The lowest BCUT2D eigenvalue weighted by molar-refractivity contribution is -2.00. The lowest BCUT2D eigenvalue weighted by Crippen LogP contribution is -2.68. The average Bonchev–Trinajstić information content (AvgIpc) is 2.79. The van der Waals surface area contributed by atoms with E-state index < -0.39 is 10.2 Å². The summed E-state index contributed by atoms with van der Waals surface area (Å²) in [6.45, 7) is 3.95. The van der Waals surface area contributed by atoms with Crippen LogP contribution in [-0.2, 0) is 12.8 Å². The molecule has 0 N–H and O–H groups in total. The van der Waals surface area contributed by atoms with E-state index in [0.29, 0.717) is 15.8 Å². The maximum Gasteiger partial charge on any atom is 0.245 e. The SMILES string of the molecule is CC(C)Oc1cc(Cl)c(-[n+]2cc3c(s2)CCCCC3)cc1Cl.[O-][Cl+3]([O-])([O-])[O-]. The predicted molar refractivity (Wildman–Crippen MR) is 92.9 cm³/mol. The van der Waals surface area contributed by atoms with Gasteiger partial charge in [0.1, 0.15) is 22.3 Å². The molecule has 150 valence electrons. The number of ether oxygens (including phenoxy) is 1. The van der Waals surface area contributed by atoms with E-state index in [1.165, 1.54) is 42.5 Å². The smallest absolute Gasteiger partial charge is 0.245 e. The molecule has 3 rings (SSSR count). The van der Waals surface area contributed by atoms with Crippen molar-refractivity contribution in [1.82, 2.24) is 0 Å². The van der Waals surface area contributed by atoms with Gasteiger partial charge in [-0.2, -0.15) is 0 Å². The van der Waals surface area contributed by atoms with Crippen molar-refractivity contribution in [3.05, 3.63) is 38.8 Å². The largest absolute Gasteiger partial charge is 0.489 e. The molecule has 1 aliphatic rings. The second kappa shape index (κ2) is 9.71. The zero-order valence-electron chi connectivity index (χ0n) is 14.9. The van der Waals surface area contributed by atoms with Crippen LogP contribution in [0.1, 0.15) is 43.6 Å². The summed E-state index contributed by atoms with van der Waals surface area (Å²) in [4.78, 5) is 1.48. The van der Waals surface area contributed by atoms with Crippen molar-refractivity contribution >= 4 is 34.7 Å². The van der Waals surface area contributed by atoms with E-state index in [0.717, 1.165) is 5.69 Å². The molecule has 10 heteroatoms. The van der Waals surface area contributed by atoms with Gasteiger partial charge in [0.15, 0.2) is 6.20 Å². The third-order valence-corrected chi connectivity index (χ3v) is 5.57. The lowest BCUT2D eigenvalue weighted by atomic mass is 10.2. The monoisotopic (exact) mass is 455 g/mol. The molecule has 0 bridgehead atoms. The van der Waals surface area contributed by atoms with Crippen molar-refractivity contribution in [2.75, 3.05) is 0 Å². The van der Waals surface area contributed by atoms with E-state index in [4.69, 9.17) is 46.6 Å². The zero-order chi connectivity index (χ0) is 20.2. The minimum Gasteiger partial charge on any atom is -0.489 e. The van der Waals surface area contributed by atoms with Crippen LogP contribution < -0.4 is 27.3 Å². The van der Waals surface area contributed by atoms with Gasteiger partial charge in [0, 0.05) is 17.7 Å². The summed E-state index contributed by atoms with van der Waals surface area (Å²) in [6, 6.07) is 3.72. The first-order valence-corrected chi connectivity index (χ1v) is 11.1. The minimum absolute atomic E-state index is 0.0740. The standard InChI is InChI=1S/C17H20Cl2NOS.ClHO4/c1-11(2)21-16-9-13(18)15(8-14(16)19)20-10-12-6-4-3-5-7-17(12)22-20;2-1(3,4)5/h8-11H,3-7H2,1-2H3;(H,2,3,4,5)/q+1;/p-1. The number of benzene rings is 1. The maximum atomic E-state index is 8.49. The average molecular weight is 457 g/mol. The molecule has 1 heterocycles. The number of nitrogens with zero attached hydrogens (tertiary/aromatic N) is 1. The fourth-order valence-electron chi connectivity index (χ4n) is 2.76. The third-order valence-electron chi connectivity index (χ3n) is 3.79. The van der Waals surface area contributed by atoms with Crippen molar-refractivity contribution in [3.8, 4) is 11.4 Å². The second-order valence-corrected chi connectivity index (χ2v) is 8.97. The molecule has 1 aliphatic carbocycles. The number of halogens is 3. The van der Waals surface area contributed by atoms with Crippen molar-refractivity contribution in [2.24, 2.45) is 0 Å². The van der Waals surface area contributed by atoms with E-state index in [9.17, 15) is 0 Å². The first kappa shape index (κ1) is 22.6. The molecule has 0 unspecified atom stereocenters. The Morgan fingerprint density at radius 3 is 2.30 bits per heavy atom. The van der Waals surface area contributed by atoms with Gasteiger partial charge in [-0.1, -0.05) is 29.6 Å². The van der Waals surface area contributed by atoms with Crippen molar-refractivity contribution in [3.63, 3.8) is 0 Å². The van der Waals surface area contributed by atoms with E-state index in [1.807, 2.05) is 26.0 Å². The molecule has 0 saturated heterocycles. The van der Waals surface area contributed by atoms with E-state index in [-0.39, 0.29) is 6.10 Å². The highest BCUT2D eigenvalue weighted by molar-refractivity contribution is 7.02. The number of rotatable bonds is 3. The maximum absolute atomic E-state index is 8.49. The fraction of sp³-hybridized carbons (Fsp3) is 0.471. The van der Waals surface area contributed by atoms with E-state index in [1.54, 1.807) is 11.5 Å². The Bertz CT molecular complexity index is 747. The lowest BCUT2D eigenvalue weighted by Gasteiger charge is -2.17. The highest BCUT2D eigenvalue weighted by Crippen LogP contribution is 2.33. The Labute approximate surface area is 174 Å². The van der Waals surface area contributed by atoms with Gasteiger partial charge in [-0.3, -0.25) is 0 Å². The Morgan fingerprint density at radius 2 is 1.67 bits per heavy atom. The minimum atomic E-state index is -4.94. The second-order valence-electron chi connectivity index (χ2n) is 6.33. The van der Waals surface area contributed by atoms with Gasteiger partial charge in [0.25, 0.3) is 0 Å². The Hall–Kier alpha value is -0.640. The van der Waals surface area contributed by atoms with Gasteiger partial charge < -0.3 is 4.74 Å². The molecule has 0 aliphatic heterocycles. The molecule has 6 nitrogen and oxygen atoms in total. The van der Waals surface area contributed by atoms with Gasteiger partial charge in [-0.05, 0) is 39.5 Å². The first-order valence-electron chi connectivity index (χ1n) is 8.36. The summed E-state index contributed by atoms with van der Waals surface area (Å²) < 4.78 is 41.8. The molecule has 1 aromatic heterocycles. The van der Waals surface area contributed by atoms with Crippen LogP contribution in [0.15, 0.2) is 18.3 Å². The summed E-state index contributed by atoms with van der Waals surface area (Å²) in [5, 5.41) is 1.27. The topological polar surface area (TPSA) is 105 Å². The molecule has 27 heavy (non-hydrogen) atoms. The van der Waals surface area contributed by atoms with Crippen LogP contribution in [0, 0.1) is 10.2 Å². The van der Waals surface area contributed by atoms with Gasteiger partial charge in [0.2, 0.25) is 5.69 Å². The quantitative estimate of drug-likeness (QED) is 0.497. The molecule has 0 amide bonds. The molecule has 0 saturated carbocycles. The zero-order valence-corrected chi connectivity index (χ0v) is 18.0. The normalized spacial score (nSPS) is 14.3. The van der Waals surface area contributed by atoms with Gasteiger partial charge in [-0.15, -0.1) is 14.2 Å². The number of hydrogen-bond acceptors (Lipinski definition) is 6. The van der Waals surface area contributed by atoms with E-state index in [2.05, 4.69) is 10.2 Å². The number of aromatic nitrogens is 1. The van der Waals surface area contributed by atoms with Crippen molar-refractivity contribution in [1.29, 1.82) is 0 Å². The molecule has 0 radical (unpaired) electrons. The number of fused-ring (bicyclic) bond motifs is 1. The van der Waals surface area contributed by atoms with Crippen molar-refractivity contribution in [2.45, 2.75) is 52.1 Å². The summed E-state index contributed by atoms with van der Waals surface area (Å²) in [5.41, 5.74) is 2.39. The van der Waals surface area contributed by atoms with Crippen LogP contribution in [0.25, 0.3) is 5.69 Å². The Balaban J connectivity index is 0.000000465. The molecule has 2 aromatic rings. The molecular formula is C17H20Cl3NO5S. The molecule has 0 atom stereocenters. The van der Waals surface area contributed by atoms with Crippen LogP contribution in [0.3, 0.4) is 0 Å². The van der Waals surface area contributed by atoms with Gasteiger partial charge >= 0.3 is 0 Å². The van der Waals surface area contributed by atoms with Crippen LogP contribution in [-0.4, -0.2) is 6.10 Å². The summed E-state index contributed by atoms with van der Waals surface area (Å²) in [6.07, 6.45) is 8.51. The summed E-state index contributed by atoms with van der Waals surface area (Å²) in [7, 11) is -4.94.